The molecule has 2 heterocycles. The normalized spacial score (nSPS) is 38.4. The van der Waals surface area contributed by atoms with Crippen LogP contribution in [0.3, 0.4) is 0 Å². The highest BCUT2D eigenvalue weighted by atomic mass is 16.5. The smallest absolute Gasteiger partial charge is 0.0622 e. The number of hydrogen-bond donors (Lipinski definition) is 1. The third kappa shape index (κ3) is 2.27. The van der Waals surface area contributed by atoms with E-state index in [-0.39, 0.29) is 0 Å². The summed E-state index contributed by atoms with van der Waals surface area (Å²) in [5, 5.41) is 3.51. The maximum absolute atomic E-state index is 5.41. The fraction of sp³-hybridized carbons (Fsp3) is 1.00. The van der Waals surface area contributed by atoms with Crippen molar-refractivity contribution in [1.82, 2.24) is 10.2 Å². The zero-order chi connectivity index (χ0) is 9.97. The molecule has 0 aliphatic carbocycles. The Morgan fingerprint density at radius 3 is 2.86 bits per heavy atom. The van der Waals surface area contributed by atoms with E-state index >= 15 is 0 Å². The van der Waals surface area contributed by atoms with Crippen molar-refractivity contribution >= 4 is 0 Å². The topological polar surface area (TPSA) is 24.5 Å². The number of rotatable bonds is 3. The van der Waals surface area contributed by atoms with Crippen molar-refractivity contribution in [3.63, 3.8) is 0 Å². The zero-order valence-corrected chi connectivity index (χ0v) is 9.33. The van der Waals surface area contributed by atoms with E-state index in [9.17, 15) is 0 Å². The lowest BCUT2D eigenvalue weighted by Gasteiger charge is -2.27. The first kappa shape index (κ1) is 10.4. The van der Waals surface area contributed by atoms with Gasteiger partial charge < -0.3 is 15.0 Å². The fourth-order valence-corrected chi connectivity index (χ4v) is 2.55. The predicted molar refractivity (Wildman–Crippen MR) is 57.4 cm³/mol. The molecule has 0 radical (unpaired) electrons. The molecule has 0 spiro atoms. The SMILES string of the molecule is CC1NCCC1CN(C)C1CCOC1. The molecule has 82 valence electrons. The van der Waals surface area contributed by atoms with Crippen LogP contribution >= 0.6 is 0 Å². The summed E-state index contributed by atoms with van der Waals surface area (Å²) in [6.45, 7) is 6.61. The van der Waals surface area contributed by atoms with Crippen molar-refractivity contribution < 1.29 is 4.74 Å². The van der Waals surface area contributed by atoms with Gasteiger partial charge in [-0.2, -0.15) is 0 Å². The first-order valence-corrected chi connectivity index (χ1v) is 5.78. The highest BCUT2D eigenvalue weighted by Gasteiger charge is 2.27. The second-order valence-electron chi connectivity index (χ2n) is 4.75. The maximum Gasteiger partial charge on any atom is 0.0622 e. The predicted octanol–water partition coefficient (Wildman–Crippen LogP) is 0.705. The van der Waals surface area contributed by atoms with E-state index in [1.165, 1.54) is 25.9 Å². The molecule has 2 rings (SSSR count). The average Bonchev–Trinajstić information content (AvgIpc) is 2.77. The third-order valence-electron chi connectivity index (χ3n) is 3.74. The molecule has 3 nitrogen and oxygen atoms in total. The highest BCUT2D eigenvalue weighted by Crippen LogP contribution is 2.19. The number of ether oxygens (including phenoxy) is 1. The van der Waals surface area contributed by atoms with Crippen LogP contribution < -0.4 is 5.32 Å². The van der Waals surface area contributed by atoms with Gasteiger partial charge in [0.05, 0.1) is 6.61 Å². The van der Waals surface area contributed by atoms with Crippen molar-refractivity contribution in [2.24, 2.45) is 5.92 Å². The van der Waals surface area contributed by atoms with E-state index < -0.39 is 0 Å². The molecule has 1 N–H and O–H groups in total. The third-order valence-corrected chi connectivity index (χ3v) is 3.74. The van der Waals surface area contributed by atoms with Gasteiger partial charge in [0, 0.05) is 25.2 Å². The van der Waals surface area contributed by atoms with Crippen LogP contribution in [0.15, 0.2) is 0 Å². The lowest BCUT2D eigenvalue weighted by molar-refractivity contribution is 0.147. The Balaban J connectivity index is 1.78. The molecule has 0 aromatic carbocycles. The summed E-state index contributed by atoms with van der Waals surface area (Å²) < 4.78 is 5.41. The van der Waals surface area contributed by atoms with Crippen LogP contribution in [0.1, 0.15) is 19.8 Å². The largest absolute Gasteiger partial charge is 0.380 e. The van der Waals surface area contributed by atoms with Crippen LogP contribution in [0.4, 0.5) is 0 Å². The number of nitrogens with one attached hydrogen (secondary N) is 1. The van der Waals surface area contributed by atoms with E-state index in [1.807, 2.05) is 0 Å². The number of likely N-dealkylation sites (N-methyl/N-ethyl adjacent to an activating group) is 1. The molecule has 0 bridgehead atoms. The Labute approximate surface area is 86.8 Å². The first-order valence-electron chi connectivity index (χ1n) is 5.78. The minimum atomic E-state index is 0.669. The average molecular weight is 198 g/mol. The van der Waals surface area contributed by atoms with Crippen molar-refractivity contribution in [2.45, 2.75) is 31.8 Å². The summed E-state index contributed by atoms with van der Waals surface area (Å²) in [7, 11) is 2.24. The molecule has 3 atom stereocenters. The summed E-state index contributed by atoms with van der Waals surface area (Å²) in [5.74, 6) is 0.834. The minimum absolute atomic E-state index is 0.669. The van der Waals surface area contributed by atoms with Gasteiger partial charge >= 0.3 is 0 Å². The summed E-state index contributed by atoms with van der Waals surface area (Å²) in [5.41, 5.74) is 0. The monoisotopic (exact) mass is 198 g/mol. The summed E-state index contributed by atoms with van der Waals surface area (Å²) in [6, 6.07) is 1.36. The molecule has 3 heteroatoms. The van der Waals surface area contributed by atoms with Crippen molar-refractivity contribution in [3.8, 4) is 0 Å². The lowest BCUT2D eigenvalue weighted by atomic mass is 10.0. The molecule has 0 saturated carbocycles. The summed E-state index contributed by atoms with van der Waals surface area (Å²) in [6.07, 6.45) is 2.55. The van der Waals surface area contributed by atoms with Gasteiger partial charge in [-0.05, 0) is 39.3 Å². The van der Waals surface area contributed by atoms with Crippen LogP contribution in [0.5, 0.6) is 0 Å². The molecule has 2 aliphatic heterocycles. The van der Waals surface area contributed by atoms with E-state index in [0.717, 1.165) is 19.1 Å². The summed E-state index contributed by atoms with van der Waals surface area (Å²) in [4.78, 5) is 2.49. The Bertz CT molecular complexity index is 180. The molecule has 2 saturated heterocycles. The van der Waals surface area contributed by atoms with Crippen LogP contribution in [0.25, 0.3) is 0 Å². The van der Waals surface area contributed by atoms with E-state index in [4.69, 9.17) is 4.74 Å². The summed E-state index contributed by atoms with van der Waals surface area (Å²) >= 11 is 0. The molecule has 14 heavy (non-hydrogen) atoms. The second-order valence-corrected chi connectivity index (χ2v) is 4.75. The first-order chi connectivity index (χ1) is 6.77. The van der Waals surface area contributed by atoms with Gasteiger partial charge in [-0.3, -0.25) is 0 Å². The van der Waals surface area contributed by atoms with Gasteiger partial charge in [0.25, 0.3) is 0 Å². The minimum Gasteiger partial charge on any atom is -0.380 e. The highest BCUT2D eigenvalue weighted by molar-refractivity contribution is 4.84. The Morgan fingerprint density at radius 1 is 1.43 bits per heavy atom. The van der Waals surface area contributed by atoms with E-state index in [0.29, 0.717) is 12.1 Å². The van der Waals surface area contributed by atoms with Crippen LogP contribution in [-0.4, -0.2) is 50.3 Å². The Hall–Kier alpha value is -0.120. The zero-order valence-electron chi connectivity index (χ0n) is 9.33. The lowest BCUT2D eigenvalue weighted by Crippen LogP contribution is -2.38. The van der Waals surface area contributed by atoms with Crippen molar-refractivity contribution in [3.05, 3.63) is 0 Å². The van der Waals surface area contributed by atoms with Crippen molar-refractivity contribution in [1.29, 1.82) is 0 Å². The maximum atomic E-state index is 5.41. The van der Waals surface area contributed by atoms with Gasteiger partial charge in [-0.15, -0.1) is 0 Å². The van der Waals surface area contributed by atoms with Gasteiger partial charge in [0.1, 0.15) is 0 Å². The number of nitrogens with zero attached hydrogens (tertiary/aromatic N) is 1. The number of hydrogen-bond acceptors (Lipinski definition) is 3. The van der Waals surface area contributed by atoms with Gasteiger partial charge in [-0.1, -0.05) is 0 Å². The molecule has 2 aliphatic rings. The molecule has 0 amide bonds. The molecule has 2 fully saturated rings. The Kier molecular flexibility index (Phi) is 3.42. The molecule has 0 aromatic rings. The van der Waals surface area contributed by atoms with Crippen LogP contribution in [0.2, 0.25) is 0 Å². The van der Waals surface area contributed by atoms with Crippen LogP contribution in [-0.2, 0) is 4.74 Å². The van der Waals surface area contributed by atoms with E-state index in [2.05, 4.69) is 24.2 Å². The Morgan fingerprint density at radius 2 is 2.29 bits per heavy atom. The standard InChI is InChI=1S/C11H22N2O/c1-9-10(3-5-12-9)7-13(2)11-4-6-14-8-11/h9-12H,3-8H2,1-2H3. The van der Waals surface area contributed by atoms with E-state index in [1.54, 1.807) is 0 Å². The molecule has 0 aromatic heterocycles. The van der Waals surface area contributed by atoms with Crippen LogP contribution in [0, 0.1) is 5.92 Å². The fourth-order valence-electron chi connectivity index (χ4n) is 2.55. The van der Waals surface area contributed by atoms with Crippen molar-refractivity contribution in [2.75, 3.05) is 33.4 Å². The van der Waals surface area contributed by atoms with Gasteiger partial charge in [0.15, 0.2) is 0 Å². The van der Waals surface area contributed by atoms with Gasteiger partial charge in [-0.25, -0.2) is 0 Å². The second kappa shape index (κ2) is 4.60. The molecular weight excluding hydrogens is 176 g/mol. The van der Waals surface area contributed by atoms with Gasteiger partial charge in [0.2, 0.25) is 0 Å². The molecule has 3 unspecified atom stereocenters. The quantitative estimate of drug-likeness (QED) is 0.722. The molecular formula is C11H22N2O.